The summed E-state index contributed by atoms with van der Waals surface area (Å²) in [6, 6.07) is 4.93. The zero-order chi connectivity index (χ0) is 32.3. The van der Waals surface area contributed by atoms with Crippen LogP contribution in [0.3, 0.4) is 0 Å². The molecular weight excluding hydrogens is 583 g/mol. The minimum absolute atomic E-state index is 0.0543. The zero-order valence-corrected chi connectivity index (χ0v) is 26.4. The van der Waals surface area contributed by atoms with Gasteiger partial charge in [-0.05, 0) is 109 Å². The number of nitrogens with one attached hydrogen (secondary N) is 2. The van der Waals surface area contributed by atoms with E-state index in [2.05, 4.69) is 15.5 Å². The van der Waals surface area contributed by atoms with Crippen molar-refractivity contribution in [1.82, 2.24) is 15.1 Å². The number of benzene rings is 1. The Morgan fingerprint density at radius 1 is 1.02 bits per heavy atom. The number of anilines is 1. The van der Waals surface area contributed by atoms with Crippen LogP contribution in [-0.4, -0.2) is 88.8 Å². The van der Waals surface area contributed by atoms with Gasteiger partial charge in [0.2, 0.25) is 17.6 Å². The Hall–Kier alpha value is -3.67. The number of rotatable bonds is 8. The molecule has 3 N–H and O–H groups in total. The summed E-state index contributed by atoms with van der Waals surface area (Å²) in [7, 11) is 0. The fourth-order valence-corrected chi connectivity index (χ4v) is 7.16. The van der Waals surface area contributed by atoms with Crippen molar-refractivity contribution in [3.05, 3.63) is 30.0 Å². The third kappa shape index (κ3) is 7.77. The zero-order valence-electron chi connectivity index (χ0n) is 26.4. The molecule has 3 amide bonds. The average molecular weight is 629 g/mol. The highest BCUT2D eigenvalue weighted by molar-refractivity contribution is 6.00. The van der Waals surface area contributed by atoms with E-state index in [4.69, 9.17) is 9.15 Å². The number of carboxylic acids is 1. The SMILES string of the molecule is CC(C)(C)OC(=O)N[C@H](CF)C1CCC(C(=O)N2CC[C@H](N3CCCCC3)[C@@H]2C(=O)Nc2ccc3oc(C(=O)O)cc3c2)CC1. The number of carbonyl (C=O) groups excluding carboxylic acids is 3. The highest BCUT2D eigenvalue weighted by atomic mass is 19.1. The van der Waals surface area contributed by atoms with Crippen molar-refractivity contribution in [1.29, 1.82) is 0 Å². The van der Waals surface area contributed by atoms with Gasteiger partial charge in [0.1, 0.15) is 23.9 Å². The number of hydrogen-bond donors (Lipinski definition) is 3. The number of aromatic carboxylic acids is 1. The van der Waals surface area contributed by atoms with Gasteiger partial charge in [0, 0.05) is 29.6 Å². The van der Waals surface area contributed by atoms with Crippen LogP contribution < -0.4 is 10.6 Å². The van der Waals surface area contributed by atoms with Crippen LogP contribution in [0.1, 0.15) is 82.7 Å². The van der Waals surface area contributed by atoms with E-state index >= 15 is 0 Å². The normalized spacial score (nSPS) is 25.1. The maximum Gasteiger partial charge on any atom is 0.407 e. The van der Waals surface area contributed by atoms with Crippen molar-refractivity contribution in [2.24, 2.45) is 11.8 Å². The summed E-state index contributed by atoms with van der Waals surface area (Å²) >= 11 is 0. The van der Waals surface area contributed by atoms with E-state index in [-0.39, 0.29) is 35.5 Å². The topological polar surface area (TPSA) is 141 Å². The lowest BCUT2D eigenvalue weighted by atomic mass is 9.78. The first-order valence-electron chi connectivity index (χ1n) is 16.1. The van der Waals surface area contributed by atoms with Crippen LogP contribution in [0.4, 0.5) is 14.9 Å². The van der Waals surface area contributed by atoms with Gasteiger partial charge in [-0.3, -0.25) is 14.5 Å². The summed E-state index contributed by atoms with van der Waals surface area (Å²) < 4.78 is 24.6. The number of ether oxygens (including phenoxy) is 1. The van der Waals surface area contributed by atoms with Gasteiger partial charge in [0.15, 0.2) is 0 Å². The molecule has 0 radical (unpaired) electrons. The quantitative estimate of drug-likeness (QED) is 0.363. The number of nitrogens with zero attached hydrogens (tertiary/aromatic N) is 2. The number of furan rings is 1. The first-order valence-corrected chi connectivity index (χ1v) is 16.1. The standard InChI is InChI=1S/C33H45FN4O7/c1-33(2,3)45-32(43)36-24(19-34)20-7-9-21(10-8-20)30(40)38-16-13-25(37-14-5-4-6-15-37)28(38)29(39)35-23-11-12-26-22(17-23)18-27(44-26)31(41)42/h11-12,17-18,20-21,24-25,28H,4-10,13-16,19H2,1-3H3,(H,35,39)(H,36,43)(H,41,42)/t20?,21?,24-,25+,28-/m1/s1. The van der Waals surface area contributed by atoms with Gasteiger partial charge < -0.3 is 29.8 Å². The molecule has 2 aliphatic heterocycles. The second kappa shape index (κ2) is 13.8. The predicted molar refractivity (Wildman–Crippen MR) is 166 cm³/mol. The summed E-state index contributed by atoms with van der Waals surface area (Å²) in [6.45, 7) is 6.80. The molecule has 1 aromatic carbocycles. The van der Waals surface area contributed by atoms with Crippen LogP contribution in [-0.2, 0) is 14.3 Å². The summed E-state index contributed by atoms with van der Waals surface area (Å²) in [6.07, 6.45) is 5.60. The maximum absolute atomic E-state index is 14.0. The van der Waals surface area contributed by atoms with Crippen molar-refractivity contribution in [3.8, 4) is 0 Å². The van der Waals surface area contributed by atoms with Gasteiger partial charge >= 0.3 is 12.1 Å². The maximum atomic E-state index is 14.0. The highest BCUT2D eigenvalue weighted by Crippen LogP contribution is 2.36. The summed E-state index contributed by atoms with van der Waals surface area (Å²) in [5.41, 5.74) is 0.216. The fraction of sp³-hybridized carbons (Fsp3) is 0.636. The first kappa shape index (κ1) is 32.7. The molecule has 3 heterocycles. The van der Waals surface area contributed by atoms with Gasteiger partial charge in [0.25, 0.3) is 0 Å². The Morgan fingerprint density at radius 3 is 2.38 bits per heavy atom. The summed E-state index contributed by atoms with van der Waals surface area (Å²) in [5, 5.41) is 15.5. The van der Waals surface area contributed by atoms with E-state index in [1.807, 2.05) is 0 Å². The molecule has 11 nitrogen and oxygen atoms in total. The molecular formula is C33H45FN4O7. The molecule has 3 fully saturated rings. The third-order valence-corrected chi connectivity index (χ3v) is 9.33. The summed E-state index contributed by atoms with van der Waals surface area (Å²) in [4.78, 5) is 55.7. The van der Waals surface area contributed by atoms with E-state index in [9.17, 15) is 28.7 Å². The fourth-order valence-electron chi connectivity index (χ4n) is 7.16. The molecule has 2 saturated heterocycles. The lowest BCUT2D eigenvalue weighted by Gasteiger charge is -2.38. The molecule has 0 unspecified atom stereocenters. The Bertz CT molecular complexity index is 1390. The number of halogens is 1. The van der Waals surface area contributed by atoms with Crippen LogP contribution >= 0.6 is 0 Å². The number of carbonyl (C=O) groups is 4. The van der Waals surface area contributed by atoms with Crippen molar-refractivity contribution in [3.63, 3.8) is 0 Å². The second-order valence-electron chi connectivity index (χ2n) is 13.6. The predicted octanol–water partition coefficient (Wildman–Crippen LogP) is 5.19. The van der Waals surface area contributed by atoms with Crippen LogP contribution in [0, 0.1) is 11.8 Å². The molecule has 3 atom stereocenters. The number of fused-ring (bicyclic) bond motifs is 1. The number of alkyl halides is 1. The number of piperidine rings is 1. The molecule has 1 aliphatic carbocycles. The molecule has 246 valence electrons. The van der Waals surface area contributed by atoms with Gasteiger partial charge in [0.05, 0.1) is 6.04 Å². The second-order valence-corrected chi connectivity index (χ2v) is 13.6. The van der Waals surface area contributed by atoms with Gasteiger partial charge in [-0.2, -0.15) is 0 Å². The van der Waals surface area contributed by atoms with Gasteiger partial charge in [-0.25, -0.2) is 14.0 Å². The highest BCUT2D eigenvalue weighted by Gasteiger charge is 2.46. The molecule has 12 heteroatoms. The molecule has 2 aromatic rings. The Labute approximate surface area is 262 Å². The molecule has 3 aliphatic rings. The van der Waals surface area contributed by atoms with E-state index < -0.39 is 36.4 Å². The van der Waals surface area contributed by atoms with Crippen LogP contribution in [0.15, 0.2) is 28.7 Å². The Balaban J connectivity index is 1.27. The molecule has 1 aromatic heterocycles. The van der Waals surface area contributed by atoms with E-state index in [0.29, 0.717) is 55.3 Å². The van der Waals surface area contributed by atoms with E-state index in [1.165, 1.54) is 6.07 Å². The van der Waals surface area contributed by atoms with E-state index in [0.717, 1.165) is 32.4 Å². The molecule has 5 rings (SSSR count). The van der Waals surface area contributed by atoms with Gasteiger partial charge in [-0.1, -0.05) is 6.42 Å². The average Bonchev–Trinajstić information content (AvgIpc) is 3.64. The minimum atomic E-state index is -1.17. The van der Waals surface area contributed by atoms with E-state index in [1.54, 1.807) is 43.9 Å². The van der Waals surface area contributed by atoms with Crippen LogP contribution in [0.25, 0.3) is 11.0 Å². The molecule has 0 spiro atoms. The minimum Gasteiger partial charge on any atom is -0.475 e. The first-order chi connectivity index (χ1) is 21.4. The van der Waals surface area contributed by atoms with Crippen molar-refractivity contribution in [2.45, 2.75) is 95.9 Å². The van der Waals surface area contributed by atoms with Crippen molar-refractivity contribution in [2.75, 3.05) is 31.6 Å². The number of alkyl carbamates (subject to hydrolysis) is 1. The smallest absolute Gasteiger partial charge is 0.407 e. The lowest BCUT2D eigenvalue weighted by molar-refractivity contribution is -0.142. The summed E-state index contributed by atoms with van der Waals surface area (Å²) in [5.74, 6) is -2.07. The van der Waals surface area contributed by atoms with Crippen LogP contribution in [0.2, 0.25) is 0 Å². The Morgan fingerprint density at radius 2 is 1.73 bits per heavy atom. The van der Waals surface area contributed by atoms with Crippen molar-refractivity contribution >= 4 is 40.5 Å². The number of amides is 3. The van der Waals surface area contributed by atoms with Crippen molar-refractivity contribution < 1.29 is 37.8 Å². The monoisotopic (exact) mass is 628 g/mol. The number of likely N-dealkylation sites (tertiary alicyclic amines) is 2. The number of hydrogen-bond acceptors (Lipinski definition) is 7. The third-order valence-electron chi connectivity index (χ3n) is 9.33. The lowest BCUT2D eigenvalue weighted by Crippen LogP contribution is -2.55. The number of carboxylic acid groups (broad SMARTS) is 1. The molecule has 0 bridgehead atoms. The van der Waals surface area contributed by atoms with Crippen LogP contribution in [0.5, 0.6) is 0 Å². The Kier molecular flexibility index (Phi) is 10.0. The largest absolute Gasteiger partial charge is 0.475 e. The molecule has 45 heavy (non-hydrogen) atoms. The molecule has 1 saturated carbocycles. The van der Waals surface area contributed by atoms with Gasteiger partial charge in [-0.15, -0.1) is 0 Å².